The number of carbonyl (C=O) groups is 1. The van der Waals surface area contributed by atoms with Gasteiger partial charge in [-0.3, -0.25) is 14.2 Å². The van der Waals surface area contributed by atoms with E-state index in [9.17, 15) is 9.59 Å². The Morgan fingerprint density at radius 1 is 1.69 bits per heavy atom. The number of aromatic nitrogens is 2. The summed E-state index contributed by atoms with van der Waals surface area (Å²) in [4.78, 5) is 27.4. The average molecular weight is 222 g/mol. The van der Waals surface area contributed by atoms with Crippen LogP contribution in [0.3, 0.4) is 0 Å². The fraction of sp³-hybridized carbons (Fsp3) is 0.500. The summed E-state index contributed by atoms with van der Waals surface area (Å²) < 4.78 is 1.35. The number of likely N-dealkylation sites (N-methyl/N-ethyl adjacent to an activating group) is 1. The smallest absolute Gasteiger partial charge is 0.257 e. The van der Waals surface area contributed by atoms with Gasteiger partial charge in [0.05, 0.1) is 12.0 Å². The zero-order chi connectivity index (χ0) is 11.5. The number of fused-ring (bicyclic) bond motifs is 1. The van der Waals surface area contributed by atoms with E-state index in [0.29, 0.717) is 13.0 Å². The molecule has 1 aliphatic rings. The van der Waals surface area contributed by atoms with Crippen molar-refractivity contribution in [2.75, 3.05) is 13.6 Å². The number of amides is 1. The largest absolute Gasteiger partial charge is 0.358 e. The number of carbonyl (C=O) groups excluding carboxylic acids is 1. The van der Waals surface area contributed by atoms with Crippen LogP contribution in [0.1, 0.15) is 11.3 Å². The molecule has 16 heavy (non-hydrogen) atoms. The maximum absolute atomic E-state index is 12.0. The normalized spacial score (nSPS) is 14.3. The molecule has 0 bridgehead atoms. The average Bonchev–Trinajstić information content (AvgIpc) is 2.33. The highest BCUT2D eigenvalue weighted by atomic mass is 16.2. The van der Waals surface area contributed by atoms with Crippen molar-refractivity contribution >= 4 is 5.91 Å². The van der Waals surface area contributed by atoms with Crippen molar-refractivity contribution in [3.63, 3.8) is 0 Å². The van der Waals surface area contributed by atoms with Crippen LogP contribution < -0.4 is 16.2 Å². The van der Waals surface area contributed by atoms with Crippen LogP contribution in [0.4, 0.5) is 0 Å². The lowest BCUT2D eigenvalue weighted by Gasteiger charge is -2.16. The Bertz CT molecular complexity index is 466. The third-order valence-electron chi connectivity index (χ3n) is 2.66. The molecular formula is C10H14N4O2. The van der Waals surface area contributed by atoms with Crippen molar-refractivity contribution < 1.29 is 4.79 Å². The van der Waals surface area contributed by atoms with Gasteiger partial charge >= 0.3 is 0 Å². The van der Waals surface area contributed by atoms with Gasteiger partial charge in [0, 0.05) is 19.2 Å². The molecule has 0 saturated heterocycles. The first-order chi connectivity index (χ1) is 7.72. The minimum atomic E-state index is -0.196. The molecular weight excluding hydrogens is 208 g/mol. The Labute approximate surface area is 92.7 Å². The lowest BCUT2D eigenvalue weighted by Crippen LogP contribution is -2.36. The van der Waals surface area contributed by atoms with Gasteiger partial charge < -0.3 is 10.6 Å². The molecule has 0 spiro atoms. The molecule has 0 radical (unpaired) electrons. The summed E-state index contributed by atoms with van der Waals surface area (Å²) in [6, 6.07) is 0. The first-order valence-electron chi connectivity index (χ1n) is 5.21. The predicted molar refractivity (Wildman–Crippen MR) is 58.0 cm³/mol. The Balaban J connectivity index is 2.34. The molecule has 6 nitrogen and oxygen atoms in total. The quantitative estimate of drug-likeness (QED) is 0.647. The highest BCUT2D eigenvalue weighted by Gasteiger charge is 2.15. The van der Waals surface area contributed by atoms with E-state index in [0.717, 1.165) is 17.8 Å². The van der Waals surface area contributed by atoms with Crippen LogP contribution in [0.5, 0.6) is 0 Å². The second-order valence-corrected chi connectivity index (χ2v) is 3.70. The van der Waals surface area contributed by atoms with Gasteiger partial charge in [-0.2, -0.15) is 0 Å². The number of hydrogen-bond acceptors (Lipinski definition) is 4. The van der Waals surface area contributed by atoms with Crippen molar-refractivity contribution in [1.29, 1.82) is 0 Å². The standard InChI is InChI=1S/C10H14N4O2/c1-11-9(15)5-14-6-13-8-4-12-3-2-7(8)10(14)16/h6,12H,2-5H2,1H3,(H,11,15). The van der Waals surface area contributed by atoms with E-state index in [-0.39, 0.29) is 18.0 Å². The van der Waals surface area contributed by atoms with Gasteiger partial charge in [0.25, 0.3) is 5.56 Å². The lowest BCUT2D eigenvalue weighted by atomic mass is 10.1. The van der Waals surface area contributed by atoms with Crippen LogP contribution in [-0.2, 0) is 24.3 Å². The maximum atomic E-state index is 12.0. The number of nitrogens with one attached hydrogen (secondary N) is 2. The van der Waals surface area contributed by atoms with Gasteiger partial charge in [-0.25, -0.2) is 4.98 Å². The summed E-state index contributed by atoms with van der Waals surface area (Å²) >= 11 is 0. The van der Waals surface area contributed by atoms with E-state index in [2.05, 4.69) is 15.6 Å². The summed E-state index contributed by atoms with van der Waals surface area (Å²) in [5.74, 6) is -0.196. The van der Waals surface area contributed by atoms with Gasteiger partial charge in [-0.1, -0.05) is 0 Å². The van der Waals surface area contributed by atoms with Crippen LogP contribution in [0.25, 0.3) is 0 Å². The van der Waals surface area contributed by atoms with Crippen LogP contribution in [0.2, 0.25) is 0 Å². The van der Waals surface area contributed by atoms with Crippen molar-refractivity contribution in [3.05, 3.63) is 27.9 Å². The van der Waals surface area contributed by atoms with Crippen molar-refractivity contribution in [1.82, 2.24) is 20.2 Å². The number of rotatable bonds is 2. The molecule has 86 valence electrons. The summed E-state index contributed by atoms with van der Waals surface area (Å²) in [5, 5.41) is 5.63. The van der Waals surface area contributed by atoms with E-state index in [4.69, 9.17) is 0 Å². The predicted octanol–water partition coefficient (Wildman–Crippen LogP) is -1.36. The number of hydrogen-bond donors (Lipinski definition) is 2. The molecule has 0 aliphatic carbocycles. The van der Waals surface area contributed by atoms with Gasteiger partial charge in [-0.15, -0.1) is 0 Å². The molecule has 1 aromatic heterocycles. The molecule has 1 amide bonds. The molecule has 2 rings (SSSR count). The number of nitrogens with zero attached hydrogens (tertiary/aromatic N) is 2. The van der Waals surface area contributed by atoms with Gasteiger partial charge in [0.1, 0.15) is 6.54 Å². The Morgan fingerprint density at radius 2 is 2.50 bits per heavy atom. The SMILES string of the molecule is CNC(=O)Cn1cnc2c(c1=O)CCNC2. The van der Waals surface area contributed by atoms with Gasteiger partial charge in [0.15, 0.2) is 0 Å². The monoisotopic (exact) mass is 222 g/mol. The van der Waals surface area contributed by atoms with Gasteiger partial charge in [0.2, 0.25) is 5.91 Å². The van der Waals surface area contributed by atoms with Gasteiger partial charge in [-0.05, 0) is 13.0 Å². The summed E-state index contributed by atoms with van der Waals surface area (Å²) in [7, 11) is 1.54. The van der Waals surface area contributed by atoms with Crippen molar-refractivity contribution in [2.45, 2.75) is 19.5 Å². The molecule has 2 heterocycles. The molecule has 0 atom stereocenters. The third kappa shape index (κ3) is 1.96. The third-order valence-corrected chi connectivity index (χ3v) is 2.66. The highest BCUT2D eigenvalue weighted by Crippen LogP contribution is 2.04. The highest BCUT2D eigenvalue weighted by molar-refractivity contribution is 5.75. The second-order valence-electron chi connectivity index (χ2n) is 3.70. The fourth-order valence-corrected chi connectivity index (χ4v) is 1.74. The second kappa shape index (κ2) is 4.44. The molecule has 2 N–H and O–H groups in total. The van der Waals surface area contributed by atoms with Crippen molar-refractivity contribution in [2.24, 2.45) is 0 Å². The maximum Gasteiger partial charge on any atom is 0.257 e. The Hall–Kier alpha value is -1.69. The summed E-state index contributed by atoms with van der Waals surface area (Å²) in [6.45, 7) is 1.45. The minimum absolute atomic E-state index is 0.0308. The van der Waals surface area contributed by atoms with Crippen molar-refractivity contribution in [3.8, 4) is 0 Å². The first kappa shape index (κ1) is 10.8. The summed E-state index contributed by atoms with van der Waals surface area (Å²) in [6.07, 6.45) is 2.11. The molecule has 0 unspecified atom stereocenters. The Morgan fingerprint density at radius 3 is 3.25 bits per heavy atom. The Kier molecular flexibility index (Phi) is 3.00. The lowest BCUT2D eigenvalue weighted by molar-refractivity contribution is -0.121. The van der Waals surface area contributed by atoms with Crippen LogP contribution in [0, 0.1) is 0 Å². The fourth-order valence-electron chi connectivity index (χ4n) is 1.74. The zero-order valence-corrected chi connectivity index (χ0v) is 9.12. The first-order valence-corrected chi connectivity index (χ1v) is 5.21. The zero-order valence-electron chi connectivity index (χ0n) is 9.12. The summed E-state index contributed by atoms with van der Waals surface area (Å²) in [5.41, 5.74) is 1.42. The molecule has 1 aliphatic heterocycles. The molecule has 0 fully saturated rings. The van der Waals surface area contributed by atoms with E-state index in [1.807, 2.05) is 0 Å². The van der Waals surface area contributed by atoms with E-state index in [1.165, 1.54) is 10.9 Å². The van der Waals surface area contributed by atoms with E-state index in [1.54, 1.807) is 7.05 Å². The molecule has 1 aromatic rings. The molecule has 6 heteroatoms. The van der Waals surface area contributed by atoms with E-state index >= 15 is 0 Å². The van der Waals surface area contributed by atoms with Crippen LogP contribution >= 0.6 is 0 Å². The molecule has 0 saturated carbocycles. The van der Waals surface area contributed by atoms with Crippen LogP contribution in [0.15, 0.2) is 11.1 Å². The van der Waals surface area contributed by atoms with E-state index < -0.39 is 0 Å². The molecule has 0 aromatic carbocycles. The topological polar surface area (TPSA) is 76.0 Å². The minimum Gasteiger partial charge on any atom is -0.358 e. The van der Waals surface area contributed by atoms with Crippen LogP contribution in [-0.4, -0.2) is 29.1 Å².